The molecule has 2 rings (SSSR count). The summed E-state index contributed by atoms with van der Waals surface area (Å²) in [6.45, 7) is 12.2. The number of nitrogens with two attached hydrogens (primary N) is 1. The highest BCUT2D eigenvalue weighted by Gasteiger charge is 2.23. The number of benzene rings is 2. The Morgan fingerprint density at radius 1 is 1.17 bits per heavy atom. The van der Waals surface area contributed by atoms with Crippen LogP contribution in [0.15, 0.2) is 72.5 Å². The van der Waals surface area contributed by atoms with Crippen LogP contribution < -0.4 is 30.4 Å². The van der Waals surface area contributed by atoms with Gasteiger partial charge in [-0.3, -0.25) is 0 Å². The SMILES string of the molecule is C#Cc1cc(N(CN/C(C=C)=C/C=C)/C(=N\N)c2cc(C(C)C)c(OC)cc2OC)ccc1N(C)C. The molecule has 0 fully saturated rings. The molecule has 0 saturated heterocycles. The lowest BCUT2D eigenvalue weighted by Gasteiger charge is -2.29. The van der Waals surface area contributed by atoms with Crippen molar-refractivity contribution in [3.05, 3.63) is 84.1 Å². The number of hydrogen-bond donors (Lipinski definition) is 2. The molecule has 0 bridgehead atoms. The monoisotopic (exact) mass is 487 g/mol. The molecule has 7 nitrogen and oxygen atoms in total. The first-order chi connectivity index (χ1) is 17.3. The smallest absolute Gasteiger partial charge is 0.165 e. The molecule has 0 aromatic heterocycles. The molecule has 0 saturated carbocycles. The zero-order chi connectivity index (χ0) is 26.8. The molecule has 0 aliphatic heterocycles. The Morgan fingerprint density at radius 2 is 1.86 bits per heavy atom. The Hall–Kier alpha value is -4.31. The molecular formula is C29H37N5O2. The maximum Gasteiger partial charge on any atom is 0.165 e. The molecule has 3 N–H and O–H groups in total. The van der Waals surface area contributed by atoms with E-state index in [1.807, 2.05) is 60.3 Å². The highest BCUT2D eigenvalue weighted by atomic mass is 16.5. The summed E-state index contributed by atoms with van der Waals surface area (Å²) < 4.78 is 11.3. The van der Waals surface area contributed by atoms with E-state index in [1.54, 1.807) is 26.4 Å². The van der Waals surface area contributed by atoms with Crippen molar-refractivity contribution in [2.24, 2.45) is 10.9 Å². The van der Waals surface area contributed by atoms with Gasteiger partial charge in [-0.25, -0.2) is 0 Å². The number of ether oxygens (including phenoxy) is 2. The minimum absolute atomic E-state index is 0.200. The molecule has 2 aromatic carbocycles. The Morgan fingerprint density at radius 3 is 2.36 bits per heavy atom. The Balaban J connectivity index is 2.76. The van der Waals surface area contributed by atoms with Crippen LogP contribution in [0, 0.1) is 12.3 Å². The summed E-state index contributed by atoms with van der Waals surface area (Å²) in [6.07, 6.45) is 11.1. The van der Waals surface area contributed by atoms with Gasteiger partial charge < -0.3 is 30.4 Å². The van der Waals surface area contributed by atoms with Crippen molar-refractivity contribution in [3.63, 3.8) is 0 Å². The fraction of sp³-hybridized carbons (Fsp3) is 0.276. The second kappa shape index (κ2) is 13.0. The molecule has 0 aliphatic carbocycles. The number of allylic oxidation sites excluding steroid dienone is 3. The third-order valence-electron chi connectivity index (χ3n) is 5.68. The summed E-state index contributed by atoms with van der Waals surface area (Å²) >= 11 is 0. The number of hydrogen-bond acceptors (Lipinski definition) is 6. The number of rotatable bonds is 11. The van der Waals surface area contributed by atoms with Crippen LogP contribution in [-0.2, 0) is 0 Å². The molecule has 0 amide bonds. The van der Waals surface area contributed by atoms with E-state index in [0.29, 0.717) is 18.3 Å². The Kier molecular flexibility index (Phi) is 10.1. The topological polar surface area (TPSA) is 75.3 Å². The van der Waals surface area contributed by atoms with Crippen molar-refractivity contribution in [1.29, 1.82) is 0 Å². The predicted molar refractivity (Wildman–Crippen MR) is 152 cm³/mol. The largest absolute Gasteiger partial charge is 0.496 e. The molecule has 2 aromatic rings. The number of methoxy groups -OCH3 is 2. The second-order valence-corrected chi connectivity index (χ2v) is 8.47. The number of amidine groups is 1. The summed E-state index contributed by atoms with van der Waals surface area (Å²) in [7, 11) is 7.15. The number of terminal acetylenes is 1. The van der Waals surface area contributed by atoms with E-state index in [0.717, 1.165) is 39.5 Å². The average Bonchev–Trinajstić information content (AvgIpc) is 2.88. The molecule has 190 valence electrons. The number of anilines is 2. The van der Waals surface area contributed by atoms with E-state index in [2.05, 4.69) is 43.3 Å². The third kappa shape index (κ3) is 6.22. The van der Waals surface area contributed by atoms with Crippen molar-refractivity contribution in [1.82, 2.24) is 5.32 Å². The summed E-state index contributed by atoms with van der Waals surface area (Å²) in [5.41, 5.74) is 5.00. The zero-order valence-corrected chi connectivity index (χ0v) is 22.1. The summed E-state index contributed by atoms with van der Waals surface area (Å²) in [4.78, 5) is 3.92. The number of hydrazone groups is 1. The molecule has 0 unspecified atom stereocenters. The highest BCUT2D eigenvalue weighted by Crippen LogP contribution is 2.35. The van der Waals surface area contributed by atoms with Gasteiger partial charge in [0.25, 0.3) is 0 Å². The quantitative estimate of drug-likeness (QED) is 0.0902. The zero-order valence-electron chi connectivity index (χ0n) is 22.1. The third-order valence-corrected chi connectivity index (χ3v) is 5.68. The van der Waals surface area contributed by atoms with Gasteiger partial charge in [-0.1, -0.05) is 39.0 Å². The molecule has 0 radical (unpaired) electrons. The van der Waals surface area contributed by atoms with Gasteiger partial charge in [-0.05, 0) is 47.9 Å². The highest BCUT2D eigenvalue weighted by molar-refractivity contribution is 6.12. The lowest BCUT2D eigenvalue weighted by molar-refractivity contribution is 0.389. The fourth-order valence-corrected chi connectivity index (χ4v) is 3.82. The maximum absolute atomic E-state index is 6.04. The molecule has 0 spiro atoms. The summed E-state index contributed by atoms with van der Waals surface area (Å²) in [5.74, 6) is 10.8. The van der Waals surface area contributed by atoms with Crippen molar-refractivity contribution < 1.29 is 9.47 Å². The van der Waals surface area contributed by atoms with Gasteiger partial charge in [-0.2, -0.15) is 5.10 Å². The fourth-order valence-electron chi connectivity index (χ4n) is 3.82. The lowest BCUT2D eigenvalue weighted by atomic mass is 9.97. The summed E-state index contributed by atoms with van der Waals surface area (Å²) in [6, 6.07) is 9.76. The maximum atomic E-state index is 6.04. The van der Waals surface area contributed by atoms with Gasteiger partial charge in [0.2, 0.25) is 0 Å². The van der Waals surface area contributed by atoms with Crippen LogP contribution >= 0.6 is 0 Å². The van der Waals surface area contributed by atoms with Gasteiger partial charge in [0.15, 0.2) is 5.84 Å². The van der Waals surface area contributed by atoms with Crippen LogP contribution in [0.1, 0.15) is 36.5 Å². The van der Waals surface area contributed by atoms with E-state index in [1.165, 1.54) is 0 Å². The van der Waals surface area contributed by atoms with Gasteiger partial charge in [0.1, 0.15) is 11.5 Å². The van der Waals surface area contributed by atoms with E-state index < -0.39 is 0 Å². The predicted octanol–water partition coefficient (Wildman–Crippen LogP) is 4.80. The van der Waals surface area contributed by atoms with Crippen LogP contribution in [0.25, 0.3) is 0 Å². The Bertz CT molecular complexity index is 1190. The first-order valence-corrected chi connectivity index (χ1v) is 11.5. The van der Waals surface area contributed by atoms with Gasteiger partial charge >= 0.3 is 0 Å². The standard InChI is InChI=1S/C29H37N5O2/c1-10-13-22(12-3)31-19-34(23-14-15-26(33(6)7)21(11-2)16-23)29(32-30)25-17-24(20(4)5)27(35-8)18-28(25)36-9/h2,10,12-18,20,31H,1,3,19,30H2,4-9H3/b22-13+,32-29-. The van der Waals surface area contributed by atoms with Crippen molar-refractivity contribution in [2.75, 3.05) is 44.8 Å². The van der Waals surface area contributed by atoms with Crippen LogP contribution in [0.4, 0.5) is 11.4 Å². The molecule has 7 heteroatoms. The lowest BCUT2D eigenvalue weighted by Crippen LogP contribution is -2.40. The average molecular weight is 488 g/mol. The van der Waals surface area contributed by atoms with E-state index in [4.69, 9.17) is 21.7 Å². The molecule has 0 aliphatic rings. The minimum atomic E-state index is 0.200. The van der Waals surface area contributed by atoms with Crippen molar-refractivity contribution in [3.8, 4) is 23.8 Å². The summed E-state index contributed by atoms with van der Waals surface area (Å²) in [5, 5.41) is 7.58. The Labute approximate surface area is 215 Å². The van der Waals surface area contributed by atoms with Crippen LogP contribution in [-0.4, -0.2) is 40.8 Å². The first kappa shape index (κ1) is 27.9. The van der Waals surface area contributed by atoms with Crippen LogP contribution in [0.2, 0.25) is 0 Å². The van der Waals surface area contributed by atoms with Crippen molar-refractivity contribution >= 4 is 17.2 Å². The van der Waals surface area contributed by atoms with E-state index >= 15 is 0 Å². The number of nitrogens with one attached hydrogen (secondary N) is 1. The van der Waals surface area contributed by atoms with Gasteiger partial charge in [-0.15, -0.1) is 6.42 Å². The first-order valence-electron chi connectivity index (χ1n) is 11.5. The normalized spacial score (nSPS) is 11.5. The molecule has 0 heterocycles. The second-order valence-electron chi connectivity index (χ2n) is 8.47. The molecule has 0 atom stereocenters. The molecule has 36 heavy (non-hydrogen) atoms. The van der Waals surface area contributed by atoms with Gasteiger partial charge in [0, 0.05) is 37.1 Å². The van der Waals surface area contributed by atoms with Crippen LogP contribution in [0.3, 0.4) is 0 Å². The number of nitrogens with zero attached hydrogens (tertiary/aromatic N) is 3. The minimum Gasteiger partial charge on any atom is -0.496 e. The van der Waals surface area contributed by atoms with Gasteiger partial charge in [0.05, 0.1) is 32.1 Å². The van der Waals surface area contributed by atoms with Crippen molar-refractivity contribution in [2.45, 2.75) is 19.8 Å². The van der Waals surface area contributed by atoms with E-state index in [9.17, 15) is 0 Å². The van der Waals surface area contributed by atoms with E-state index in [-0.39, 0.29) is 5.92 Å². The molecular weight excluding hydrogens is 450 g/mol. The van der Waals surface area contributed by atoms with Crippen LogP contribution in [0.5, 0.6) is 11.5 Å².